The van der Waals surface area contributed by atoms with Crippen LogP contribution in [0.25, 0.3) is 22.5 Å². The van der Waals surface area contributed by atoms with Crippen LogP contribution in [0.15, 0.2) is 55.1 Å². The summed E-state index contributed by atoms with van der Waals surface area (Å²) < 4.78 is 0. The summed E-state index contributed by atoms with van der Waals surface area (Å²) >= 11 is 0. The molecule has 3 rings (SSSR count). The van der Waals surface area contributed by atoms with E-state index >= 15 is 0 Å². The van der Waals surface area contributed by atoms with E-state index in [9.17, 15) is 0 Å². The Morgan fingerprint density at radius 2 is 1.94 bits per heavy atom. The van der Waals surface area contributed by atoms with Crippen LogP contribution in [-0.2, 0) is 0 Å². The van der Waals surface area contributed by atoms with Gasteiger partial charge in [-0.1, -0.05) is 6.07 Å². The molecule has 4 nitrogen and oxygen atoms in total. The Morgan fingerprint density at radius 1 is 0.944 bits per heavy atom. The van der Waals surface area contributed by atoms with Crippen molar-refractivity contribution in [1.29, 1.82) is 0 Å². The number of nitrogens with zero attached hydrogens (tertiary/aromatic N) is 4. The minimum Gasteiger partial charge on any atom is -0.264 e. The molecule has 0 aliphatic rings. The first-order valence-electron chi connectivity index (χ1n) is 5.50. The zero-order valence-corrected chi connectivity index (χ0v) is 9.49. The minimum absolute atomic E-state index is 0.789. The zero-order valence-electron chi connectivity index (χ0n) is 9.49. The van der Waals surface area contributed by atoms with E-state index in [1.165, 1.54) is 0 Å². The maximum absolute atomic E-state index is 4.32. The van der Waals surface area contributed by atoms with E-state index in [1.54, 1.807) is 24.8 Å². The molecule has 85 valence electrons. The Bertz CT molecular complexity index is 580. The molecule has 0 fully saturated rings. The van der Waals surface area contributed by atoms with E-state index in [2.05, 4.69) is 26.3 Å². The van der Waals surface area contributed by atoms with Crippen molar-refractivity contribution in [1.82, 2.24) is 19.9 Å². The molecule has 0 amide bonds. The Labute approximate surface area is 104 Å². The summed E-state index contributed by atoms with van der Waals surface area (Å²) in [4.78, 5) is 16.6. The largest absolute Gasteiger partial charge is 0.264 e. The van der Waals surface area contributed by atoms with Crippen LogP contribution in [-0.4, -0.2) is 19.9 Å². The fraction of sp³-hybridized carbons (Fsp3) is 0. The quantitative estimate of drug-likeness (QED) is 0.682. The van der Waals surface area contributed by atoms with Gasteiger partial charge in [-0.2, -0.15) is 0 Å². The Hall–Kier alpha value is -2.62. The Kier molecular flexibility index (Phi) is 2.75. The van der Waals surface area contributed by atoms with Gasteiger partial charge in [-0.05, 0) is 24.3 Å². The van der Waals surface area contributed by atoms with E-state index < -0.39 is 0 Å². The molecule has 0 atom stereocenters. The topological polar surface area (TPSA) is 51.6 Å². The van der Waals surface area contributed by atoms with E-state index in [0.717, 1.165) is 22.5 Å². The average Bonchev–Trinajstić information content (AvgIpc) is 2.49. The molecule has 0 bridgehead atoms. The van der Waals surface area contributed by atoms with Gasteiger partial charge in [-0.3, -0.25) is 9.97 Å². The van der Waals surface area contributed by atoms with Crippen LogP contribution in [0.5, 0.6) is 0 Å². The molecular weight excluding hydrogens is 224 g/mol. The molecule has 0 saturated carbocycles. The first kappa shape index (κ1) is 10.5. The molecule has 18 heavy (non-hydrogen) atoms. The molecule has 0 aliphatic heterocycles. The summed E-state index contributed by atoms with van der Waals surface area (Å²) in [5.74, 6) is 0. The fourth-order valence-electron chi connectivity index (χ4n) is 1.73. The molecule has 1 radical (unpaired) electrons. The zero-order chi connectivity index (χ0) is 12.2. The predicted octanol–water partition coefficient (Wildman–Crippen LogP) is 2.40. The summed E-state index contributed by atoms with van der Waals surface area (Å²) in [5, 5.41) is 0. The lowest BCUT2D eigenvalue weighted by atomic mass is 10.1. The van der Waals surface area contributed by atoms with Gasteiger partial charge in [-0.25, -0.2) is 9.97 Å². The third-order valence-electron chi connectivity index (χ3n) is 2.54. The van der Waals surface area contributed by atoms with E-state index in [-0.39, 0.29) is 0 Å². The standard InChI is InChI=1S/C14H9N4/c1-2-7-17-13(5-1)12-9-16-10-18-14(12)11-4-3-6-15-8-11/h1-9H. The molecule has 0 aromatic carbocycles. The molecule has 4 heteroatoms. The minimum atomic E-state index is 0.789. The number of hydrogen-bond acceptors (Lipinski definition) is 4. The molecule has 3 heterocycles. The van der Waals surface area contributed by atoms with Crippen LogP contribution >= 0.6 is 0 Å². The third kappa shape index (κ3) is 1.96. The van der Waals surface area contributed by atoms with Crippen LogP contribution in [0, 0.1) is 6.33 Å². The second-order valence-corrected chi connectivity index (χ2v) is 3.69. The average molecular weight is 233 g/mol. The summed E-state index contributed by atoms with van der Waals surface area (Å²) in [6.45, 7) is 0. The van der Waals surface area contributed by atoms with Crippen molar-refractivity contribution in [2.75, 3.05) is 0 Å². The van der Waals surface area contributed by atoms with Crippen molar-refractivity contribution in [3.63, 3.8) is 0 Å². The van der Waals surface area contributed by atoms with Gasteiger partial charge in [0.25, 0.3) is 0 Å². The number of aromatic nitrogens is 4. The molecule has 0 N–H and O–H groups in total. The first-order chi connectivity index (χ1) is 8.95. The van der Waals surface area contributed by atoms with Gasteiger partial charge in [0.2, 0.25) is 0 Å². The van der Waals surface area contributed by atoms with Crippen molar-refractivity contribution in [2.45, 2.75) is 0 Å². The number of pyridine rings is 2. The molecule has 3 aromatic heterocycles. The van der Waals surface area contributed by atoms with Crippen molar-refractivity contribution in [2.24, 2.45) is 0 Å². The lowest BCUT2D eigenvalue weighted by molar-refractivity contribution is 1.14. The third-order valence-corrected chi connectivity index (χ3v) is 2.54. The van der Waals surface area contributed by atoms with E-state index in [1.807, 2.05) is 30.3 Å². The molecule has 0 spiro atoms. The Morgan fingerprint density at radius 3 is 2.72 bits per heavy atom. The van der Waals surface area contributed by atoms with Crippen LogP contribution in [0.4, 0.5) is 0 Å². The van der Waals surface area contributed by atoms with Crippen LogP contribution in [0.1, 0.15) is 0 Å². The van der Waals surface area contributed by atoms with Gasteiger partial charge in [0.15, 0.2) is 6.33 Å². The van der Waals surface area contributed by atoms with Gasteiger partial charge >= 0.3 is 0 Å². The van der Waals surface area contributed by atoms with Crippen molar-refractivity contribution >= 4 is 0 Å². The highest BCUT2D eigenvalue weighted by atomic mass is 14.8. The predicted molar refractivity (Wildman–Crippen MR) is 67.3 cm³/mol. The second kappa shape index (κ2) is 4.71. The Balaban J connectivity index is 2.18. The van der Waals surface area contributed by atoms with Crippen LogP contribution < -0.4 is 0 Å². The lowest BCUT2D eigenvalue weighted by Gasteiger charge is -2.06. The van der Waals surface area contributed by atoms with E-state index in [4.69, 9.17) is 0 Å². The highest BCUT2D eigenvalue weighted by molar-refractivity contribution is 5.77. The molecule has 0 unspecified atom stereocenters. The van der Waals surface area contributed by atoms with Gasteiger partial charge in [-0.15, -0.1) is 0 Å². The highest BCUT2D eigenvalue weighted by Crippen LogP contribution is 2.26. The lowest BCUT2D eigenvalue weighted by Crippen LogP contribution is -1.93. The van der Waals surface area contributed by atoms with Gasteiger partial charge in [0, 0.05) is 35.9 Å². The molecule has 0 aliphatic carbocycles. The van der Waals surface area contributed by atoms with Gasteiger partial charge in [0.05, 0.1) is 11.4 Å². The molecule has 3 aromatic rings. The molecule has 0 saturated heterocycles. The number of hydrogen-bond donors (Lipinski definition) is 0. The van der Waals surface area contributed by atoms with Crippen LogP contribution in [0.3, 0.4) is 0 Å². The number of rotatable bonds is 2. The summed E-state index contributed by atoms with van der Waals surface area (Å²) in [5.41, 5.74) is 3.43. The van der Waals surface area contributed by atoms with Crippen molar-refractivity contribution in [3.05, 3.63) is 61.4 Å². The summed E-state index contributed by atoms with van der Waals surface area (Å²) in [7, 11) is 0. The SMILES string of the molecule is [c]1ncc(-c2ccccn2)c(-c2cccnc2)n1. The second-order valence-electron chi connectivity index (χ2n) is 3.69. The highest BCUT2D eigenvalue weighted by Gasteiger charge is 2.09. The maximum atomic E-state index is 4.32. The van der Waals surface area contributed by atoms with E-state index in [0.29, 0.717) is 0 Å². The smallest absolute Gasteiger partial charge is 0.198 e. The maximum Gasteiger partial charge on any atom is 0.198 e. The monoisotopic (exact) mass is 233 g/mol. The van der Waals surface area contributed by atoms with Gasteiger partial charge < -0.3 is 0 Å². The van der Waals surface area contributed by atoms with Crippen molar-refractivity contribution < 1.29 is 0 Å². The van der Waals surface area contributed by atoms with Crippen LogP contribution in [0.2, 0.25) is 0 Å². The fourth-order valence-corrected chi connectivity index (χ4v) is 1.73. The summed E-state index contributed by atoms with van der Waals surface area (Å²) in [6, 6.07) is 9.57. The van der Waals surface area contributed by atoms with Crippen molar-refractivity contribution in [3.8, 4) is 22.5 Å². The first-order valence-corrected chi connectivity index (χ1v) is 5.50. The normalized spacial score (nSPS) is 10.2. The molecular formula is C14H9N4. The van der Waals surface area contributed by atoms with Gasteiger partial charge in [0.1, 0.15) is 0 Å². The summed E-state index contributed by atoms with van der Waals surface area (Å²) in [6.07, 6.45) is 9.58.